The van der Waals surface area contributed by atoms with Crippen LogP contribution in [-0.2, 0) is 4.74 Å². The van der Waals surface area contributed by atoms with Crippen LogP contribution in [0.2, 0.25) is 0 Å². The number of hydrogen-bond donors (Lipinski definition) is 0. The molecule has 0 amide bonds. The minimum atomic E-state index is -0.917. The van der Waals surface area contributed by atoms with Crippen LogP contribution in [0.4, 0.5) is 4.79 Å². The minimum absolute atomic E-state index is 0.0843. The summed E-state index contributed by atoms with van der Waals surface area (Å²) in [6.45, 7) is 1.62. The molecule has 0 saturated heterocycles. The molecule has 0 bridgehead atoms. The van der Waals surface area contributed by atoms with E-state index in [0.717, 1.165) is 0 Å². The van der Waals surface area contributed by atoms with E-state index in [2.05, 4.69) is 19.4 Å². The Labute approximate surface area is 80.1 Å². The second kappa shape index (κ2) is 4.18. The number of aryl methyl sites for hydroxylation is 1. The lowest BCUT2D eigenvalue weighted by Crippen LogP contribution is -2.10. The molecule has 0 atom stereocenters. The molecule has 14 heavy (non-hydrogen) atoms. The minimum Gasteiger partial charge on any atom is -0.437 e. The molecule has 0 fully saturated rings. The predicted molar refractivity (Wildman–Crippen MR) is 44.5 cm³/mol. The molecule has 1 heterocycles. The van der Waals surface area contributed by atoms with Crippen molar-refractivity contribution in [2.75, 3.05) is 7.11 Å². The van der Waals surface area contributed by atoms with Gasteiger partial charge in [0, 0.05) is 0 Å². The number of nitriles is 1. The highest BCUT2D eigenvalue weighted by atomic mass is 16.7. The van der Waals surface area contributed by atoms with Gasteiger partial charge in [-0.05, 0) is 6.92 Å². The van der Waals surface area contributed by atoms with Crippen LogP contribution in [0.5, 0.6) is 5.88 Å². The van der Waals surface area contributed by atoms with Gasteiger partial charge in [-0.25, -0.2) is 9.78 Å². The smallest absolute Gasteiger partial charge is 0.437 e. The first kappa shape index (κ1) is 9.92. The van der Waals surface area contributed by atoms with Crippen molar-refractivity contribution in [3.8, 4) is 11.9 Å². The van der Waals surface area contributed by atoms with Crippen LogP contribution in [0.15, 0.2) is 6.20 Å². The molecule has 6 heteroatoms. The van der Waals surface area contributed by atoms with Crippen molar-refractivity contribution in [2.24, 2.45) is 0 Å². The van der Waals surface area contributed by atoms with Gasteiger partial charge in [0.15, 0.2) is 0 Å². The molecule has 1 aromatic rings. The van der Waals surface area contributed by atoms with Crippen molar-refractivity contribution < 1.29 is 14.3 Å². The average molecular weight is 193 g/mol. The zero-order valence-electron chi connectivity index (χ0n) is 7.64. The van der Waals surface area contributed by atoms with Gasteiger partial charge in [-0.15, -0.1) is 0 Å². The first-order valence-electron chi connectivity index (χ1n) is 3.67. The second-order valence-corrected chi connectivity index (χ2v) is 2.30. The molecule has 0 aliphatic carbocycles. The van der Waals surface area contributed by atoms with Crippen LogP contribution in [0.25, 0.3) is 0 Å². The molecule has 1 aromatic heterocycles. The van der Waals surface area contributed by atoms with Crippen molar-refractivity contribution in [3.05, 3.63) is 17.6 Å². The molecule has 0 spiro atoms. The summed E-state index contributed by atoms with van der Waals surface area (Å²) in [6, 6.07) is 1.79. The molecule has 72 valence electrons. The SMILES string of the molecule is COC(=O)Oc1nc(C)ncc1C#N. The summed E-state index contributed by atoms with van der Waals surface area (Å²) >= 11 is 0. The maximum absolute atomic E-state index is 10.7. The van der Waals surface area contributed by atoms with Gasteiger partial charge in [0.05, 0.1) is 13.3 Å². The third kappa shape index (κ3) is 2.17. The van der Waals surface area contributed by atoms with Gasteiger partial charge >= 0.3 is 6.16 Å². The summed E-state index contributed by atoms with van der Waals surface area (Å²) in [5.41, 5.74) is 0.0843. The Balaban J connectivity index is 3.00. The number of methoxy groups -OCH3 is 1. The van der Waals surface area contributed by atoms with Gasteiger partial charge in [0.1, 0.15) is 17.5 Å². The van der Waals surface area contributed by atoms with Crippen LogP contribution in [0.3, 0.4) is 0 Å². The summed E-state index contributed by atoms with van der Waals surface area (Å²) < 4.78 is 8.89. The van der Waals surface area contributed by atoms with E-state index in [9.17, 15) is 4.79 Å². The molecule has 0 aliphatic heterocycles. The lowest BCUT2D eigenvalue weighted by Gasteiger charge is -2.02. The van der Waals surface area contributed by atoms with Crippen molar-refractivity contribution in [3.63, 3.8) is 0 Å². The van der Waals surface area contributed by atoms with Crippen LogP contribution in [0, 0.1) is 18.3 Å². The molecule has 0 N–H and O–H groups in total. The Morgan fingerprint density at radius 3 is 2.93 bits per heavy atom. The largest absolute Gasteiger partial charge is 0.514 e. The summed E-state index contributed by atoms with van der Waals surface area (Å²) in [4.78, 5) is 18.3. The van der Waals surface area contributed by atoms with Crippen LogP contribution < -0.4 is 4.74 Å². The number of carbonyl (C=O) groups excluding carboxylic acids is 1. The molecule has 1 rings (SSSR count). The number of ether oxygens (including phenoxy) is 2. The van der Waals surface area contributed by atoms with Gasteiger partial charge in [-0.3, -0.25) is 0 Å². The Bertz CT molecular complexity index is 397. The molecule has 0 radical (unpaired) electrons. The maximum Gasteiger partial charge on any atom is 0.514 e. The summed E-state index contributed by atoms with van der Waals surface area (Å²) in [7, 11) is 1.17. The van der Waals surface area contributed by atoms with Gasteiger partial charge in [-0.1, -0.05) is 0 Å². The highest BCUT2D eigenvalue weighted by Crippen LogP contribution is 2.13. The highest BCUT2D eigenvalue weighted by Gasteiger charge is 2.11. The first-order chi connectivity index (χ1) is 6.67. The van der Waals surface area contributed by atoms with E-state index in [0.29, 0.717) is 5.82 Å². The first-order valence-corrected chi connectivity index (χ1v) is 3.67. The lowest BCUT2D eigenvalue weighted by molar-refractivity contribution is 0.119. The van der Waals surface area contributed by atoms with Crippen molar-refractivity contribution in [2.45, 2.75) is 6.92 Å². The normalized spacial score (nSPS) is 8.93. The van der Waals surface area contributed by atoms with E-state index >= 15 is 0 Å². The topological polar surface area (TPSA) is 85.1 Å². The molecule has 0 aliphatic rings. The zero-order chi connectivity index (χ0) is 10.6. The molecule has 0 aromatic carbocycles. The van der Waals surface area contributed by atoms with Crippen molar-refractivity contribution >= 4 is 6.16 Å². The third-order valence-electron chi connectivity index (χ3n) is 1.34. The summed E-state index contributed by atoms with van der Waals surface area (Å²) in [5.74, 6) is 0.315. The molecular formula is C8H7N3O3. The van der Waals surface area contributed by atoms with E-state index in [-0.39, 0.29) is 11.4 Å². The van der Waals surface area contributed by atoms with E-state index in [1.54, 1.807) is 13.0 Å². The van der Waals surface area contributed by atoms with Crippen molar-refractivity contribution in [1.29, 1.82) is 5.26 Å². The summed E-state index contributed by atoms with van der Waals surface area (Å²) in [5, 5.41) is 8.63. The molecular weight excluding hydrogens is 186 g/mol. The van der Waals surface area contributed by atoms with Crippen LogP contribution >= 0.6 is 0 Å². The fourth-order valence-corrected chi connectivity index (χ4v) is 0.724. The van der Waals surface area contributed by atoms with E-state index in [1.165, 1.54) is 13.3 Å². The van der Waals surface area contributed by atoms with E-state index < -0.39 is 6.16 Å². The van der Waals surface area contributed by atoms with E-state index in [4.69, 9.17) is 5.26 Å². The Hall–Kier alpha value is -2.16. The highest BCUT2D eigenvalue weighted by molar-refractivity contribution is 5.63. The number of hydrogen-bond acceptors (Lipinski definition) is 6. The van der Waals surface area contributed by atoms with Gasteiger partial charge < -0.3 is 9.47 Å². The number of nitrogens with zero attached hydrogens (tertiary/aromatic N) is 3. The van der Waals surface area contributed by atoms with Gasteiger partial charge in [0.25, 0.3) is 0 Å². The van der Waals surface area contributed by atoms with Gasteiger partial charge in [0.2, 0.25) is 5.88 Å². The monoisotopic (exact) mass is 193 g/mol. The molecule has 0 unspecified atom stereocenters. The van der Waals surface area contributed by atoms with Gasteiger partial charge in [-0.2, -0.15) is 10.2 Å². The maximum atomic E-state index is 10.7. The quantitative estimate of drug-likeness (QED) is 0.613. The fraction of sp³-hybridized carbons (Fsp3) is 0.250. The standard InChI is InChI=1S/C8H7N3O3/c1-5-10-4-6(3-9)7(11-5)14-8(12)13-2/h4H,1-2H3. The lowest BCUT2D eigenvalue weighted by atomic mass is 10.3. The fourth-order valence-electron chi connectivity index (χ4n) is 0.724. The third-order valence-corrected chi connectivity index (χ3v) is 1.34. The Morgan fingerprint density at radius 2 is 2.36 bits per heavy atom. The summed E-state index contributed by atoms with van der Waals surface area (Å²) in [6.07, 6.45) is 0.361. The van der Waals surface area contributed by atoms with Crippen LogP contribution in [0.1, 0.15) is 11.4 Å². The zero-order valence-corrected chi connectivity index (χ0v) is 7.64. The molecule has 6 nitrogen and oxygen atoms in total. The van der Waals surface area contributed by atoms with Crippen molar-refractivity contribution in [1.82, 2.24) is 9.97 Å². The Kier molecular flexibility index (Phi) is 2.97. The number of aromatic nitrogens is 2. The second-order valence-electron chi connectivity index (χ2n) is 2.30. The average Bonchev–Trinajstić information content (AvgIpc) is 2.18. The number of carbonyl (C=O) groups is 1. The van der Waals surface area contributed by atoms with Crippen LogP contribution in [-0.4, -0.2) is 23.2 Å². The van der Waals surface area contributed by atoms with E-state index in [1.807, 2.05) is 0 Å². The Morgan fingerprint density at radius 1 is 1.64 bits per heavy atom. The number of rotatable bonds is 1. The molecule has 0 saturated carbocycles. The predicted octanol–water partition coefficient (Wildman–Crippen LogP) is 0.802.